The lowest BCUT2D eigenvalue weighted by molar-refractivity contribution is 0.185. The van der Waals surface area contributed by atoms with E-state index in [9.17, 15) is 4.79 Å². The van der Waals surface area contributed by atoms with Crippen LogP contribution < -0.4 is 10.2 Å². The SMILES string of the molecule is Cc1nc(N2CCN(C(=O)NC(C)(C)C)CC2)c2c(C)nn(-c3ccccc3C)c2n1. The van der Waals surface area contributed by atoms with Crippen molar-refractivity contribution in [3.8, 4) is 5.69 Å². The molecule has 1 saturated heterocycles. The van der Waals surface area contributed by atoms with E-state index in [2.05, 4.69) is 29.3 Å². The minimum Gasteiger partial charge on any atom is -0.352 e. The average Bonchev–Trinajstić information content (AvgIpc) is 3.02. The predicted molar refractivity (Wildman–Crippen MR) is 123 cm³/mol. The molecule has 1 aliphatic rings. The van der Waals surface area contributed by atoms with Crippen molar-refractivity contribution in [3.63, 3.8) is 0 Å². The normalized spacial score (nSPS) is 14.9. The number of amides is 2. The molecular weight excluding hydrogens is 390 g/mol. The summed E-state index contributed by atoms with van der Waals surface area (Å²) in [6.45, 7) is 14.7. The van der Waals surface area contributed by atoms with Crippen LogP contribution in [0.1, 0.15) is 37.9 Å². The predicted octanol–water partition coefficient (Wildman–Crippen LogP) is 3.37. The van der Waals surface area contributed by atoms with Gasteiger partial charge in [0.25, 0.3) is 0 Å². The Labute approximate surface area is 183 Å². The zero-order chi connectivity index (χ0) is 22.3. The van der Waals surface area contributed by atoms with Crippen LogP contribution in [0.25, 0.3) is 16.7 Å². The monoisotopic (exact) mass is 421 g/mol. The maximum absolute atomic E-state index is 12.5. The van der Waals surface area contributed by atoms with Crippen LogP contribution >= 0.6 is 0 Å². The second-order valence-electron chi connectivity index (χ2n) is 9.23. The van der Waals surface area contributed by atoms with E-state index >= 15 is 0 Å². The first-order valence-electron chi connectivity index (χ1n) is 10.8. The third-order valence-electron chi connectivity index (χ3n) is 5.49. The van der Waals surface area contributed by atoms with E-state index in [0.717, 1.165) is 46.9 Å². The first-order valence-corrected chi connectivity index (χ1v) is 10.8. The zero-order valence-electron chi connectivity index (χ0n) is 19.2. The summed E-state index contributed by atoms with van der Waals surface area (Å²) in [7, 11) is 0. The van der Waals surface area contributed by atoms with Gasteiger partial charge in [-0.2, -0.15) is 5.10 Å². The summed E-state index contributed by atoms with van der Waals surface area (Å²) < 4.78 is 1.92. The number of carbonyl (C=O) groups is 1. The molecule has 0 bridgehead atoms. The molecule has 0 aliphatic carbocycles. The molecule has 1 aromatic carbocycles. The van der Waals surface area contributed by atoms with Gasteiger partial charge >= 0.3 is 6.03 Å². The minimum atomic E-state index is -0.245. The quantitative estimate of drug-likeness (QED) is 0.686. The third kappa shape index (κ3) is 4.19. The Bertz CT molecular complexity index is 1120. The van der Waals surface area contributed by atoms with Crippen molar-refractivity contribution in [1.29, 1.82) is 0 Å². The van der Waals surface area contributed by atoms with Crippen molar-refractivity contribution < 1.29 is 4.79 Å². The molecule has 0 unspecified atom stereocenters. The second kappa shape index (κ2) is 7.83. The molecule has 0 spiro atoms. The van der Waals surface area contributed by atoms with Crippen LogP contribution in [0.5, 0.6) is 0 Å². The van der Waals surface area contributed by atoms with Crippen LogP contribution in [-0.4, -0.2) is 62.4 Å². The molecule has 1 aliphatic heterocycles. The van der Waals surface area contributed by atoms with Crippen molar-refractivity contribution in [1.82, 2.24) is 30.0 Å². The van der Waals surface area contributed by atoms with Crippen molar-refractivity contribution in [3.05, 3.63) is 41.3 Å². The number of aromatic nitrogens is 4. The van der Waals surface area contributed by atoms with Crippen molar-refractivity contribution in [2.45, 2.75) is 47.1 Å². The van der Waals surface area contributed by atoms with Crippen molar-refractivity contribution in [2.75, 3.05) is 31.1 Å². The summed E-state index contributed by atoms with van der Waals surface area (Å²) in [4.78, 5) is 26.2. The van der Waals surface area contributed by atoms with E-state index in [-0.39, 0.29) is 11.6 Å². The van der Waals surface area contributed by atoms with Gasteiger partial charge in [-0.15, -0.1) is 0 Å². The molecular formula is C23H31N7O. The Balaban J connectivity index is 1.65. The summed E-state index contributed by atoms with van der Waals surface area (Å²) in [6.07, 6.45) is 0. The Kier molecular flexibility index (Phi) is 5.33. The zero-order valence-corrected chi connectivity index (χ0v) is 19.2. The largest absolute Gasteiger partial charge is 0.352 e. The van der Waals surface area contributed by atoms with E-state index in [1.807, 2.05) is 56.3 Å². The van der Waals surface area contributed by atoms with E-state index in [4.69, 9.17) is 15.1 Å². The number of anilines is 1. The molecule has 31 heavy (non-hydrogen) atoms. The number of aryl methyl sites for hydroxylation is 3. The fourth-order valence-electron chi connectivity index (χ4n) is 3.99. The van der Waals surface area contributed by atoms with Crippen LogP contribution in [0.4, 0.5) is 10.6 Å². The number of nitrogens with zero attached hydrogens (tertiary/aromatic N) is 6. The van der Waals surface area contributed by atoms with Crippen LogP contribution in [-0.2, 0) is 0 Å². The lowest BCUT2D eigenvalue weighted by Crippen LogP contribution is -2.55. The maximum atomic E-state index is 12.5. The number of carbonyl (C=O) groups excluding carboxylic acids is 1. The third-order valence-corrected chi connectivity index (χ3v) is 5.49. The lowest BCUT2D eigenvalue weighted by Gasteiger charge is -2.37. The van der Waals surface area contributed by atoms with Gasteiger partial charge in [-0.05, 0) is 53.2 Å². The average molecular weight is 422 g/mol. The smallest absolute Gasteiger partial charge is 0.317 e. The molecule has 3 heterocycles. The molecule has 0 saturated carbocycles. The molecule has 1 N–H and O–H groups in total. The van der Waals surface area contributed by atoms with Crippen LogP contribution in [0, 0.1) is 20.8 Å². The molecule has 0 radical (unpaired) electrons. The molecule has 4 rings (SSSR count). The number of nitrogens with one attached hydrogen (secondary N) is 1. The second-order valence-corrected chi connectivity index (χ2v) is 9.23. The Hall–Kier alpha value is -3.16. The lowest BCUT2D eigenvalue weighted by atomic mass is 10.1. The Morgan fingerprint density at radius 2 is 1.68 bits per heavy atom. The Morgan fingerprint density at radius 1 is 1.00 bits per heavy atom. The number of para-hydroxylation sites is 1. The standard InChI is InChI=1S/C23H31N7O/c1-15-9-7-8-10-18(15)30-21-19(16(2)27-30)20(24-17(3)25-21)28-11-13-29(14-12-28)22(31)26-23(4,5)6/h7-10H,11-14H2,1-6H3,(H,26,31). The molecule has 0 atom stereocenters. The number of urea groups is 1. The molecule has 8 heteroatoms. The number of benzene rings is 1. The fraction of sp³-hybridized carbons (Fsp3) is 0.478. The molecule has 3 aromatic rings. The number of hydrogen-bond acceptors (Lipinski definition) is 5. The highest BCUT2D eigenvalue weighted by molar-refractivity contribution is 5.91. The van der Waals surface area contributed by atoms with Gasteiger partial charge in [0.15, 0.2) is 5.65 Å². The van der Waals surface area contributed by atoms with Gasteiger partial charge in [0.1, 0.15) is 11.6 Å². The van der Waals surface area contributed by atoms with E-state index < -0.39 is 0 Å². The highest BCUT2D eigenvalue weighted by Crippen LogP contribution is 2.30. The fourth-order valence-corrected chi connectivity index (χ4v) is 3.99. The van der Waals surface area contributed by atoms with Gasteiger partial charge in [0.05, 0.1) is 16.8 Å². The van der Waals surface area contributed by atoms with Crippen LogP contribution in [0.15, 0.2) is 24.3 Å². The van der Waals surface area contributed by atoms with Crippen molar-refractivity contribution in [2.24, 2.45) is 0 Å². The molecule has 2 aromatic heterocycles. The summed E-state index contributed by atoms with van der Waals surface area (Å²) in [5.41, 5.74) is 3.64. The van der Waals surface area contributed by atoms with E-state index in [0.29, 0.717) is 18.9 Å². The van der Waals surface area contributed by atoms with Gasteiger partial charge in [0, 0.05) is 31.7 Å². The molecule has 164 valence electrons. The van der Waals surface area contributed by atoms with Crippen LogP contribution in [0.2, 0.25) is 0 Å². The molecule has 1 fully saturated rings. The maximum Gasteiger partial charge on any atom is 0.317 e. The van der Waals surface area contributed by atoms with Gasteiger partial charge in [-0.25, -0.2) is 19.4 Å². The minimum absolute atomic E-state index is 0.0142. The van der Waals surface area contributed by atoms with Gasteiger partial charge in [-0.1, -0.05) is 18.2 Å². The Morgan fingerprint density at radius 3 is 2.32 bits per heavy atom. The van der Waals surface area contributed by atoms with Gasteiger partial charge in [0.2, 0.25) is 0 Å². The highest BCUT2D eigenvalue weighted by atomic mass is 16.2. The summed E-state index contributed by atoms with van der Waals surface area (Å²) in [5.74, 6) is 1.61. The topological polar surface area (TPSA) is 79.2 Å². The summed E-state index contributed by atoms with van der Waals surface area (Å²) in [5, 5.41) is 8.84. The number of hydrogen-bond donors (Lipinski definition) is 1. The highest BCUT2D eigenvalue weighted by Gasteiger charge is 2.27. The summed E-state index contributed by atoms with van der Waals surface area (Å²) >= 11 is 0. The first kappa shape index (κ1) is 21.1. The first-order chi connectivity index (χ1) is 14.6. The summed E-state index contributed by atoms with van der Waals surface area (Å²) in [6, 6.07) is 8.17. The number of rotatable bonds is 2. The molecule has 8 nitrogen and oxygen atoms in total. The van der Waals surface area contributed by atoms with E-state index in [1.54, 1.807) is 0 Å². The van der Waals surface area contributed by atoms with E-state index in [1.165, 1.54) is 0 Å². The molecule has 2 amide bonds. The van der Waals surface area contributed by atoms with Gasteiger partial charge in [-0.3, -0.25) is 0 Å². The number of piperazine rings is 1. The van der Waals surface area contributed by atoms with Gasteiger partial charge < -0.3 is 15.1 Å². The van der Waals surface area contributed by atoms with Crippen molar-refractivity contribution >= 4 is 22.9 Å². The number of fused-ring (bicyclic) bond motifs is 1. The van der Waals surface area contributed by atoms with Crippen LogP contribution in [0.3, 0.4) is 0 Å².